The van der Waals surface area contributed by atoms with Crippen LogP contribution in [-0.4, -0.2) is 9.55 Å². The third-order valence-corrected chi connectivity index (χ3v) is 4.04. The van der Waals surface area contributed by atoms with Crippen LogP contribution >= 0.6 is 15.9 Å². The summed E-state index contributed by atoms with van der Waals surface area (Å²) in [5, 5.41) is 0. The second-order valence-electron chi connectivity index (χ2n) is 5.09. The van der Waals surface area contributed by atoms with E-state index < -0.39 is 0 Å². The molecular formula is C17H16BrFN2. The molecule has 0 spiro atoms. The van der Waals surface area contributed by atoms with E-state index in [1.807, 2.05) is 30.3 Å². The number of rotatable bonds is 4. The number of hydrogen-bond acceptors (Lipinski definition) is 1. The van der Waals surface area contributed by atoms with Crippen molar-refractivity contribution in [1.29, 1.82) is 0 Å². The Bertz CT molecular complexity index is 780. The number of aromatic nitrogens is 2. The van der Waals surface area contributed by atoms with Crippen molar-refractivity contribution in [2.45, 2.75) is 26.3 Å². The van der Waals surface area contributed by atoms with Crippen LogP contribution in [0, 0.1) is 5.82 Å². The molecule has 3 aromatic rings. The average molecular weight is 347 g/mol. The molecule has 0 atom stereocenters. The molecule has 0 unspecified atom stereocenters. The van der Waals surface area contributed by atoms with Gasteiger partial charge in [-0.3, -0.25) is 0 Å². The van der Waals surface area contributed by atoms with Crippen molar-refractivity contribution in [2.24, 2.45) is 0 Å². The molecule has 0 bridgehead atoms. The van der Waals surface area contributed by atoms with E-state index >= 15 is 0 Å². The summed E-state index contributed by atoms with van der Waals surface area (Å²) in [4.78, 5) is 4.68. The van der Waals surface area contributed by atoms with E-state index in [0.29, 0.717) is 12.1 Å². The molecule has 0 saturated heterocycles. The average Bonchev–Trinajstić information content (AvgIpc) is 2.81. The number of para-hydroxylation sites is 2. The number of fused-ring (bicyclic) bond motifs is 1. The van der Waals surface area contributed by atoms with E-state index in [0.717, 1.165) is 34.2 Å². The summed E-state index contributed by atoms with van der Waals surface area (Å²) in [6, 6.07) is 13.1. The fourth-order valence-electron chi connectivity index (χ4n) is 2.55. The molecule has 0 aliphatic carbocycles. The molecule has 108 valence electrons. The summed E-state index contributed by atoms with van der Waals surface area (Å²) in [6.07, 6.45) is 1.91. The monoisotopic (exact) mass is 346 g/mol. The van der Waals surface area contributed by atoms with E-state index in [2.05, 4.69) is 32.4 Å². The molecular weight excluding hydrogens is 331 g/mol. The zero-order chi connectivity index (χ0) is 14.8. The van der Waals surface area contributed by atoms with Crippen LogP contribution in [0.2, 0.25) is 0 Å². The molecule has 3 rings (SSSR count). The minimum Gasteiger partial charge on any atom is -0.323 e. The lowest BCUT2D eigenvalue weighted by atomic mass is 10.2. The van der Waals surface area contributed by atoms with Crippen molar-refractivity contribution in [3.05, 3.63) is 64.1 Å². The Morgan fingerprint density at radius 3 is 2.81 bits per heavy atom. The van der Waals surface area contributed by atoms with Crippen LogP contribution in [0.15, 0.2) is 46.9 Å². The molecule has 0 fully saturated rings. The molecule has 0 radical (unpaired) electrons. The minimum atomic E-state index is -0.182. The Kier molecular flexibility index (Phi) is 4.06. The van der Waals surface area contributed by atoms with Gasteiger partial charge in [0.2, 0.25) is 0 Å². The third-order valence-electron chi connectivity index (χ3n) is 3.54. The van der Waals surface area contributed by atoms with Gasteiger partial charge in [-0.2, -0.15) is 0 Å². The van der Waals surface area contributed by atoms with E-state index in [9.17, 15) is 4.39 Å². The lowest BCUT2D eigenvalue weighted by molar-refractivity contribution is 0.596. The van der Waals surface area contributed by atoms with Gasteiger partial charge in [0, 0.05) is 16.5 Å². The molecule has 0 amide bonds. The summed E-state index contributed by atoms with van der Waals surface area (Å²) < 4.78 is 17.0. The first-order valence-electron chi connectivity index (χ1n) is 7.07. The highest BCUT2D eigenvalue weighted by molar-refractivity contribution is 9.10. The van der Waals surface area contributed by atoms with E-state index in [-0.39, 0.29) is 5.82 Å². The number of nitrogens with zero attached hydrogens (tertiary/aromatic N) is 2. The first-order chi connectivity index (χ1) is 10.2. The van der Waals surface area contributed by atoms with E-state index in [4.69, 9.17) is 0 Å². The Hall–Kier alpha value is -1.68. The van der Waals surface area contributed by atoms with E-state index in [1.54, 1.807) is 6.07 Å². The highest BCUT2D eigenvalue weighted by Gasteiger charge is 2.12. The van der Waals surface area contributed by atoms with Crippen molar-refractivity contribution in [2.75, 3.05) is 0 Å². The van der Waals surface area contributed by atoms with Crippen LogP contribution in [0.1, 0.15) is 24.7 Å². The zero-order valence-electron chi connectivity index (χ0n) is 11.8. The second-order valence-corrected chi connectivity index (χ2v) is 6.00. The Labute approximate surface area is 131 Å². The number of imidazole rings is 1. The fourth-order valence-corrected chi connectivity index (χ4v) is 2.96. The molecule has 0 aliphatic heterocycles. The number of benzene rings is 2. The molecule has 0 N–H and O–H groups in total. The van der Waals surface area contributed by atoms with Gasteiger partial charge in [-0.05, 0) is 36.8 Å². The molecule has 4 heteroatoms. The first kappa shape index (κ1) is 14.3. The second kappa shape index (κ2) is 5.98. The van der Waals surface area contributed by atoms with Crippen LogP contribution < -0.4 is 0 Å². The maximum atomic E-state index is 14.0. The van der Waals surface area contributed by atoms with Crippen molar-refractivity contribution in [3.8, 4) is 0 Å². The van der Waals surface area contributed by atoms with Gasteiger partial charge in [-0.25, -0.2) is 9.37 Å². The Balaban J connectivity index is 2.10. The quantitative estimate of drug-likeness (QED) is 0.654. The third kappa shape index (κ3) is 2.86. The van der Waals surface area contributed by atoms with Gasteiger partial charge in [0.15, 0.2) is 0 Å². The van der Waals surface area contributed by atoms with Gasteiger partial charge in [0.05, 0.1) is 17.6 Å². The lowest BCUT2D eigenvalue weighted by Gasteiger charge is -2.10. The summed E-state index contributed by atoms with van der Waals surface area (Å²) in [5.74, 6) is 0.830. The normalized spacial score (nSPS) is 11.2. The van der Waals surface area contributed by atoms with Crippen LogP contribution in [0.5, 0.6) is 0 Å². The van der Waals surface area contributed by atoms with Crippen molar-refractivity contribution in [3.63, 3.8) is 0 Å². The van der Waals surface area contributed by atoms with Gasteiger partial charge >= 0.3 is 0 Å². The van der Waals surface area contributed by atoms with Crippen molar-refractivity contribution in [1.82, 2.24) is 9.55 Å². The van der Waals surface area contributed by atoms with Gasteiger partial charge < -0.3 is 4.57 Å². The van der Waals surface area contributed by atoms with Gasteiger partial charge in [0.1, 0.15) is 11.6 Å². The van der Waals surface area contributed by atoms with Crippen molar-refractivity contribution >= 4 is 27.0 Å². The van der Waals surface area contributed by atoms with Gasteiger partial charge in [-0.15, -0.1) is 0 Å². The Morgan fingerprint density at radius 1 is 1.19 bits per heavy atom. The molecule has 1 aromatic heterocycles. The largest absolute Gasteiger partial charge is 0.323 e. The Morgan fingerprint density at radius 2 is 2.00 bits per heavy atom. The molecule has 2 nitrogen and oxygen atoms in total. The standard InChI is InChI=1S/C17H16BrFN2/c1-2-5-17-20-15-6-3-4-7-16(15)21(17)11-12-10-13(18)8-9-14(12)19/h3-4,6-10H,2,5,11H2,1H3. The van der Waals surface area contributed by atoms with Crippen LogP contribution in [0.25, 0.3) is 11.0 Å². The fraction of sp³-hybridized carbons (Fsp3) is 0.235. The maximum Gasteiger partial charge on any atom is 0.128 e. The molecule has 0 aliphatic rings. The van der Waals surface area contributed by atoms with Crippen LogP contribution in [0.3, 0.4) is 0 Å². The zero-order valence-corrected chi connectivity index (χ0v) is 13.4. The predicted octanol–water partition coefficient (Wildman–Crippen LogP) is 4.94. The lowest BCUT2D eigenvalue weighted by Crippen LogP contribution is -2.06. The predicted molar refractivity (Wildman–Crippen MR) is 86.9 cm³/mol. The van der Waals surface area contributed by atoms with Gasteiger partial charge in [0.25, 0.3) is 0 Å². The summed E-state index contributed by atoms with van der Waals surface area (Å²) in [5.41, 5.74) is 2.70. The van der Waals surface area contributed by atoms with Crippen molar-refractivity contribution < 1.29 is 4.39 Å². The summed E-state index contributed by atoms with van der Waals surface area (Å²) in [6.45, 7) is 2.63. The summed E-state index contributed by atoms with van der Waals surface area (Å²) >= 11 is 3.41. The smallest absolute Gasteiger partial charge is 0.128 e. The first-order valence-corrected chi connectivity index (χ1v) is 7.86. The molecule has 2 aromatic carbocycles. The molecule has 1 heterocycles. The van der Waals surface area contributed by atoms with Crippen LogP contribution in [-0.2, 0) is 13.0 Å². The minimum absolute atomic E-state index is 0.182. The maximum absolute atomic E-state index is 14.0. The van der Waals surface area contributed by atoms with Gasteiger partial charge in [-0.1, -0.05) is 35.0 Å². The number of hydrogen-bond donors (Lipinski definition) is 0. The topological polar surface area (TPSA) is 17.8 Å². The number of aryl methyl sites for hydroxylation is 1. The van der Waals surface area contributed by atoms with E-state index in [1.165, 1.54) is 6.07 Å². The number of halogens is 2. The van der Waals surface area contributed by atoms with Crippen LogP contribution in [0.4, 0.5) is 4.39 Å². The highest BCUT2D eigenvalue weighted by Crippen LogP contribution is 2.22. The molecule has 0 saturated carbocycles. The highest BCUT2D eigenvalue weighted by atomic mass is 79.9. The summed E-state index contributed by atoms with van der Waals surface area (Å²) in [7, 11) is 0. The molecule has 21 heavy (non-hydrogen) atoms. The SMILES string of the molecule is CCCc1nc2ccccc2n1Cc1cc(Br)ccc1F.